The molecule has 1 saturated heterocycles. The first-order valence-electron chi connectivity index (χ1n) is 5.32. The van der Waals surface area contributed by atoms with Crippen molar-refractivity contribution in [3.05, 3.63) is 24.2 Å². The third kappa shape index (κ3) is 2.62. The predicted molar refractivity (Wildman–Crippen MR) is 56.4 cm³/mol. The van der Waals surface area contributed by atoms with Crippen LogP contribution in [0.5, 0.6) is 0 Å². The van der Waals surface area contributed by atoms with Gasteiger partial charge in [0.15, 0.2) is 0 Å². The molecule has 0 radical (unpaired) electrons. The molecular formula is C11H14N2O3. The summed E-state index contributed by atoms with van der Waals surface area (Å²) in [6, 6.07) is 3.56. The second kappa shape index (κ2) is 4.83. The maximum Gasteiger partial charge on any atom is 0.240 e. The minimum Gasteiger partial charge on any atom is -0.467 e. The molecule has 5 nitrogen and oxygen atoms in total. The van der Waals surface area contributed by atoms with Crippen molar-refractivity contribution in [3.63, 3.8) is 0 Å². The number of amides is 2. The molecule has 0 saturated carbocycles. The molecule has 2 heterocycles. The average Bonchev–Trinajstić information content (AvgIpc) is 2.88. The van der Waals surface area contributed by atoms with Crippen LogP contribution in [0.25, 0.3) is 0 Å². The first-order chi connectivity index (χ1) is 7.75. The summed E-state index contributed by atoms with van der Waals surface area (Å²) < 4.78 is 5.08. The van der Waals surface area contributed by atoms with Gasteiger partial charge in [0.1, 0.15) is 5.76 Å². The Morgan fingerprint density at radius 3 is 3.06 bits per heavy atom. The van der Waals surface area contributed by atoms with E-state index in [1.54, 1.807) is 23.3 Å². The van der Waals surface area contributed by atoms with Crippen molar-refractivity contribution in [1.29, 1.82) is 0 Å². The van der Waals surface area contributed by atoms with Crippen LogP contribution in [0.1, 0.15) is 18.6 Å². The summed E-state index contributed by atoms with van der Waals surface area (Å²) >= 11 is 0. The summed E-state index contributed by atoms with van der Waals surface area (Å²) in [4.78, 5) is 24.3. The third-order valence-electron chi connectivity index (χ3n) is 2.55. The standard InChI is InChI=1S/C11H14N2O3/c14-10(8-13-5-1-4-11(13)15)12-7-9-3-2-6-16-9/h2-3,6H,1,4-5,7-8H2,(H,12,14). The molecule has 5 heteroatoms. The molecule has 1 aliphatic rings. The van der Waals surface area contributed by atoms with Crippen molar-refractivity contribution in [2.45, 2.75) is 19.4 Å². The second-order valence-electron chi connectivity index (χ2n) is 3.77. The van der Waals surface area contributed by atoms with E-state index < -0.39 is 0 Å². The summed E-state index contributed by atoms with van der Waals surface area (Å²) in [5.41, 5.74) is 0. The zero-order chi connectivity index (χ0) is 11.4. The molecule has 1 fully saturated rings. The molecule has 1 aromatic heterocycles. The van der Waals surface area contributed by atoms with E-state index in [-0.39, 0.29) is 18.4 Å². The quantitative estimate of drug-likeness (QED) is 0.807. The number of likely N-dealkylation sites (tertiary alicyclic amines) is 1. The van der Waals surface area contributed by atoms with Gasteiger partial charge >= 0.3 is 0 Å². The smallest absolute Gasteiger partial charge is 0.240 e. The highest BCUT2D eigenvalue weighted by molar-refractivity contribution is 5.85. The summed E-state index contributed by atoms with van der Waals surface area (Å²) in [5.74, 6) is 0.626. The number of hydrogen-bond donors (Lipinski definition) is 1. The van der Waals surface area contributed by atoms with Crippen molar-refractivity contribution in [3.8, 4) is 0 Å². The van der Waals surface area contributed by atoms with Crippen LogP contribution in [0.4, 0.5) is 0 Å². The number of nitrogens with one attached hydrogen (secondary N) is 1. The van der Waals surface area contributed by atoms with Gasteiger partial charge in [0.25, 0.3) is 0 Å². The van der Waals surface area contributed by atoms with Crippen molar-refractivity contribution < 1.29 is 14.0 Å². The van der Waals surface area contributed by atoms with E-state index in [4.69, 9.17) is 4.42 Å². The van der Waals surface area contributed by atoms with Crippen LogP contribution in [0, 0.1) is 0 Å². The fourth-order valence-corrected chi connectivity index (χ4v) is 1.70. The Hall–Kier alpha value is -1.78. The van der Waals surface area contributed by atoms with Crippen molar-refractivity contribution in [2.75, 3.05) is 13.1 Å². The summed E-state index contributed by atoms with van der Waals surface area (Å²) in [6.07, 6.45) is 2.97. The summed E-state index contributed by atoms with van der Waals surface area (Å²) in [5, 5.41) is 2.71. The summed E-state index contributed by atoms with van der Waals surface area (Å²) in [6.45, 7) is 1.21. The molecular weight excluding hydrogens is 208 g/mol. The Morgan fingerprint density at radius 1 is 1.56 bits per heavy atom. The van der Waals surface area contributed by atoms with E-state index in [1.165, 1.54) is 0 Å². The molecule has 16 heavy (non-hydrogen) atoms. The fraction of sp³-hybridized carbons (Fsp3) is 0.455. The molecule has 0 aromatic carbocycles. The Balaban J connectivity index is 1.74. The second-order valence-corrected chi connectivity index (χ2v) is 3.77. The molecule has 2 rings (SSSR count). The Morgan fingerprint density at radius 2 is 2.44 bits per heavy atom. The zero-order valence-electron chi connectivity index (χ0n) is 8.94. The van der Waals surface area contributed by atoms with Gasteiger partial charge in [-0.25, -0.2) is 0 Å². The topological polar surface area (TPSA) is 62.6 Å². The average molecular weight is 222 g/mol. The highest BCUT2D eigenvalue weighted by atomic mass is 16.3. The molecule has 0 unspecified atom stereocenters. The number of rotatable bonds is 4. The molecule has 0 aliphatic carbocycles. The molecule has 1 aliphatic heterocycles. The molecule has 0 atom stereocenters. The minimum atomic E-state index is -0.147. The largest absolute Gasteiger partial charge is 0.467 e. The summed E-state index contributed by atoms with van der Waals surface area (Å²) in [7, 11) is 0. The van der Waals surface area contributed by atoms with Crippen LogP contribution in [0.2, 0.25) is 0 Å². The van der Waals surface area contributed by atoms with Gasteiger partial charge in [-0.2, -0.15) is 0 Å². The van der Waals surface area contributed by atoms with Gasteiger partial charge in [-0.3, -0.25) is 9.59 Å². The van der Waals surface area contributed by atoms with Crippen molar-refractivity contribution in [1.82, 2.24) is 10.2 Å². The van der Waals surface area contributed by atoms with Crippen molar-refractivity contribution >= 4 is 11.8 Å². The van der Waals surface area contributed by atoms with E-state index in [0.29, 0.717) is 25.3 Å². The van der Waals surface area contributed by atoms with E-state index >= 15 is 0 Å². The van der Waals surface area contributed by atoms with Crippen molar-refractivity contribution in [2.24, 2.45) is 0 Å². The van der Waals surface area contributed by atoms with Gasteiger partial charge in [-0.15, -0.1) is 0 Å². The zero-order valence-corrected chi connectivity index (χ0v) is 8.94. The molecule has 1 aromatic rings. The van der Waals surface area contributed by atoms with Gasteiger partial charge in [0.2, 0.25) is 11.8 Å². The van der Waals surface area contributed by atoms with E-state index in [1.807, 2.05) is 0 Å². The van der Waals surface area contributed by atoms with E-state index in [9.17, 15) is 9.59 Å². The van der Waals surface area contributed by atoms with Gasteiger partial charge < -0.3 is 14.6 Å². The van der Waals surface area contributed by atoms with Crippen LogP contribution in [-0.2, 0) is 16.1 Å². The van der Waals surface area contributed by atoms with Crippen LogP contribution in [0.15, 0.2) is 22.8 Å². The predicted octanol–water partition coefficient (Wildman–Crippen LogP) is 0.518. The first kappa shape index (κ1) is 10.7. The molecule has 86 valence electrons. The number of carbonyl (C=O) groups excluding carboxylic acids is 2. The van der Waals surface area contributed by atoms with Gasteiger partial charge in [-0.05, 0) is 18.6 Å². The monoisotopic (exact) mass is 222 g/mol. The Kier molecular flexibility index (Phi) is 3.24. The highest BCUT2D eigenvalue weighted by Gasteiger charge is 2.22. The lowest BCUT2D eigenvalue weighted by Gasteiger charge is -2.14. The van der Waals surface area contributed by atoms with E-state index in [0.717, 1.165) is 6.42 Å². The lowest BCUT2D eigenvalue weighted by Crippen LogP contribution is -2.37. The van der Waals surface area contributed by atoms with Gasteiger partial charge in [-0.1, -0.05) is 0 Å². The number of carbonyl (C=O) groups is 2. The van der Waals surface area contributed by atoms with Gasteiger partial charge in [0.05, 0.1) is 19.4 Å². The number of nitrogens with zero attached hydrogens (tertiary/aromatic N) is 1. The van der Waals surface area contributed by atoms with Crippen LogP contribution < -0.4 is 5.32 Å². The number of hydrogen-bond acceptors (Lipinski definition) is 3. The molecule has 0 spiro atoms. The lowest BCUT2D eigenvalue weighted by molar-refractivity contribution is -0.133. The normalized spacial score (nSPS) is 15.5. The van der Waals surface area contributed by atoms with Crippen LogP contribution in [-0.4, -0.2) is 29.8 Å². The fourth-order valence-electron chi connectivity index (χ4n) is 1.70. The highest BCUT2D eigenvalue weighted by Crippen LogP contribution is 2.08. The Labute approximate surface area is 93.4 Å². The molecule has 2 amide bonds. The Bertz CT molecular complexity index is 373. The van der Waals surface area contributed by atoms with E-state index in [2.05, 4.69) is 5.32 Å². The maximum absolute atomic E-state index is 11.5. The first-order valence-corrected chi connectivity index (χ1v) is 5.32. The number of furan rings is 1. The van der Waals surface area contributed by atoms with Crippen LogP contribution >= 0.6 is 0 Å². The maximum atomic E-state index is 11.5. The minimum absolute atomic E-state index is 0.0631. The SMILES string of the molecule is O=C(CN1CCCC1=O)NCc1ccco1. The van der Waals surface area contributed by atoms with Crippen LogP contribution in [0.3, 0.4) is 0 Å². The lowest BCUT2D eigenvalue weighted by atomic mass is 10.4. The molecule has 1 N–H and O–H groups in total. The third-order valence-corrected chi connectivity index (χ3v) is 2.55. The molecule has 0 bridgehead atoms. The van der Waals surface area contributed by atoms with Gasteiger partial charge in [0, 0.05) is 13.0 Å².